The van der Waals surface area contributed by atoms with Gasteiger partial charge in [-0.1, -0.05) is 26.7 Å². The standard InChI is InChI=1S/C13H26N2O2S/c1-5-7-8-11-13(16)15(12(6-2)14-11)9-10(3)18(4)17/h10-12,14H,5-9H2,1-4H3. The van der Waals surface area contributed by atoms with Crippen LogP contribution >= 0.6 is 0 Å². The lowest BCUT2D eigenvalue weighted by molar-refractivity contribution is -0.130. The van der Waals surface area contributed by atoms with E-state index >= 15 is 0 Å². The lowest BCUT2D eigenvalue weighted by Crippen LogP contribution is -2.41. The molecule has 1 aliphatic heterocycles. The van der Waals surface area contributed by atoms with Crippen LogP contribution in [-0.4, -0.2) is 45.3 Å². The fourth-order valence-electron chi connectivity index (χ4n) is 2.30. The van der Waals surface area contributed by atoms with Crippen LogP contribution in [0, 0.1) is 0 Å². The highest BCUT2D eigenvalue weighted by Gasteiger charge is 2.37. The third kappa shape index (κ3) is 3.79. The number of hydrogen-bond acceptors (Lipinski definition) is 3. The summed E-state index contributed by atoms with van der Waals surface area (Å²) in [4.78, 5) is 14.2. The maximum atomic E-state index is 12.3. The van der Waals surface area contributed by atoms with Gasteiger partial charge < -0.3 is 4.90 Å². The summed E-state index contributed by atoms with van der Waals surface area (Å²) in [6, 6.07) is -0.0348. The quantitative estimate of drug-likeness (QED) is 0.765. The Kier molecular flexibility index (Phi) is 6.29. The molecule has 0 bridgehead atoms. The number of amides is 1. The molecule has 0 spiro atoms. The van der Waals surface area contributed by atoms with Crippen molar-refractivity contribution in [3.63, 3.8) is 0 Å². The van der Waals surface area contributed by atoms with E-state index in [0.717, 1.165) is 25.7 Å². The van der Waals surface area contributed by atoms with Crippen molar-refractivity contribution in [2.24, 2.45) is 0 Å². The van der Waals surface area contributed by atoms with Crippen molar-refractivity contribution in [3.05, 3.63) is 0 Å². The Morgan fingerprint density at radius 3 is 2.61 bits per heavy atom. The van der Waals surface area contributed by atoms with Crippen molar-refractivity contribution in [1.29, 1.82) is 0 Å². The summed E-state index contributed by atoms with van der Waals surface area (Å²) in [6.45, 7) is 6.75. The minimum Gasteiger partial charge on any atom is -0.325 e. The van der Waals surface area contributed by atoms with Gasteiger partial charge in [0.05, 0.1) is 12.2 Å². The fourth-order valence-corrected chi connectivity index (χ4v) is 2.67. The zero-order chi connectivity index (χ0) is 13.7. The smallest absolute Gasteiger partial charge is 0.241 e. The van der Waals surface area contributed by atoms with Crippen LogP contribution in [0.4, 0.5) is 0 Å². The van der Waals surface area contributed by atoms with E-state index in [1.54, 1.807) is 6.26 Å². The minimum atomic E-state index is -0.876. The molecule has 1 aliphatic rings. The second-order valence-electron chi connectivity index (χ2n) is 5.09. The number of carbonyl (C=O) groups excluding carboxylic acids is 1. The van der Waals surface area contributed by atoms with Crippen LogP contribution in [0.2, 0.25) is 0 Å². The van der Waals surface area contributed by atoms with Gasteiger partial charge in [-0.2, -0.15) is 0 Å². The summed E-state index contributed by atoms with van der Waals surface area (Å²) in [7, 11) is -0.876. The molecule has 0 aromatic rings. The lowest BCUT2D eigenvalue weighted by atomic mass is 10.1. The van der Waals surface area contributed by atoms with E-state index in [1.165, 1.54) is 0 Å². The van der Waals surface area contributed by atoms with Crippen molar-refractivity contribution in [2.45, 2.75) is 63.9 Å². The number of nitrogens with zero attached hydrogens (tertiary/aromatic N) is 1. The minimum absolute atomic E-state index is 0.0348. The van der Waals surface area contributed by atoms with E-state index in [1.807, 2.05) is 11.8 Å². The Labute approximate surface area is 113 Å². The van der Waals surface area contributed by atoms with Crippen molar-refractivity contribution in [2.75, 3.05) is 12.8 Å². The van der Waals surface area contributed by atoms with Crippen LogP contribution in [0.5, 0.6) is 0 Å². The summed E-state index contributed by atoms with van der Waals surface area (Å²) in [5, 5.41) is 3.43. The molecular weight excluding hydrogens is 248 g/mol. The summed E-state index contributed by atoms with van der Waals surface area (Å²) in [5.41, 5.74) is 0. The first-order chi connectivity index (χ1) is 8.51. The molecule has 1 heterocycles. The van der Waals surface area contributed by atoms with Gasteiger partial charge in [-0.25, -0.2) is 0 Å². The molecule has 1 fully saturated rings. The van der Waals surface area contributed by atoms with Crippen LogP contribution in [0.15, 0.2) is 0 Å². The molecule has 4 unspecified atom stereocenters. The predicted octanol–water partition coefficient (Wildman–Crippen LogP) is 1.48. The van der Waals surface area contributed by atoms with E-state index in [0.29, 0.717) is 6.54 Å². The topological polar surface area (TPSA) is 49.4 Å². The number of carbonyl (C=O) groups is 1. The highest BCUT2D eigenvalue weighted by molar-refractivity contribution is 7.84. The Hall–Kier alpha value is -0.420. The van der Waals surface area contributed by atoms with Crippen LogP contribution in [0.25, 0.3) is 0 Å². The zero-order valence-electron chi connectivity index (χ0n) is 11.9. The Bertz CT molecular complexity index is 309. The monoisotopic (exact) mass is 274 g/mol. The first-order valence-corrected chi connectivity index (χ1v) is 8.52. The summed E-state index contributed by atoms with van der Waals surface area (Å²) in [5.74, 6) is 0.188. The summed E-state index contributed by atoms with van der Waals surface area (Å²) < 4.78 is 11.4. The van der Waals surface area contributed by atoms with Crippen LogP contribution in [0.3, 0.4) is 0 Å². The van der Waals surface area contributed by atoms with Crippen molar-refractivity contribution in [3.8, 4) is 0 Å². The molecule has 4 atom stereocenters. The van der Waals surface area contributed by atoms with Gasteiger partial charge in [-0.3, -0.25) is 14.3 Å². The van der Waals surface area contributed by atoms with E-state index in [9.17, 15) is 9.00 Å². The number of rotatable bonds is 7. The van der Waals surface area contributed by atoms with Gasteiger partial charge in [-0.05, 0) is 19.8 Å². The average Bonchev–Trinajstić information content (AvgIpc) is 2.64. The molecule has 4 nitrogen and oxygen atoms in total. The molecule has 18 heavy (non-hydrogen) atoms. The molecule has 0 aliphatic carbocycles. The fraction of sp³-hybridized carbons (Fsp3) is 0.923. The molecule has 1 rings (SSSR count). The summed E-state index contributed by atoms with van der Waals surface area (Å²) >= 11 is 0. The van der Waals surface area contributed by atoms with Crippen molar-refractivity contribution < 1.29 is 9.00 Å². The normalized spacial score (nSPS) is 27.6. The second-order valence-corrected chi connectivity index (χ2v) is 6.89. The third-order valence-corrected chi connectivity index (χ3v) is 4.89. The molecule has 1 amide bonds. The third-order valence-electron chi connectivity index (χ3n) is 3.60. The van der Waals surface area contributed by atoms with Gasteiger partial charge >= 0.3 is 0 Å². The average molecular weight is 274 g/mol. The maximum absolute atomic E-state index is 12.3. The van der Waals surface area contributed by atoms with E-state index < -0.39 is 10.8 Å². The highest BCUT2D eigenvalue weighted by atomic mass is 32.2. The molecule has 0 saturated carbocycles. The predicted molar refractivity (Wildman–Crippen MR) is 75.8 cm³/mol. The van der Waals surface area contributed by atoms with Gasteiger partial charge in [0.1, 0.15) is 0 Å². The number of nitrogens with one attached hydrogen (secondary N) is 1. The van der Waals surface area contributed by atoms with E-state index in [4.69, 9.17) is 0 Å². The maximum Gasteiger partial charge on any atom is 0.241 e. The van der Waals surface area contributed by atoms with Gasteiger partial charge in [0, 0.05) is 28.9 Å². The Morgan fingerprint density at radius 2 is 2.11 bits per heavy atom. The molecule has 1 saturated heterocycles. The first-order valence-electron chi connectivity index (χ1n) is 6.90. The van der Waals surface area contributed by atoms with E-state index in [2.05, 4.69) is 19.2 Å². The van der Waals surface area contributed by atoms with Crippen LogP contribution < -0.4 is 5.32 Å². The van der Waals surface area contributed by atoms with Gasteiger partial charge in [0.25, 0.3) is 0 Å². The van der Waals surface area contributed by atoms with Crippen molar-refractivity contribution >= 4 is 16.7 Å². The Morgan fingerprint density at radius 1 is 1.44 bits per heavy atom. The lowest BCUT2D eigenvalue weighted by Gasteiger charge is -2.25. The highest BCUT2D eigenvalue weighted by Crippen LogP contribution is 2.18. The van der Waals surface area contributed by atoms with Gasteiger partial charge in [0.15, 0.2) is 0 Å². The molecule has 0 aromatic heterocycles. The molecule has 0 radical (unpaired) electrons. The molecule has 106 valence electrons. The number of hydrogen-bond donors (Lipinski definition) is 1. The molecular formula is C13H26N2O2S. The van der Waals surface area contributed by atoms with Gasteiger partial charge in [0.2, 0.25) is 5.91 Å². The van der Waals surface area contributed by atoms with Crippen molar-refractivity contribution in [1.82, 2.24) is 10.2 Å². The molecule has 5 heteroatoms. The second kappa shape index (κ2) is 7.24. The summed E-state index contributed by atoms with van der Waals surface area (Å²) in [6.07, 6.45) is 5.81. The largest absolute Gasteiger partial charge is 0.325 e. The zero-order valence-corrected chi connectivity index (χ0v) is 12.8. The first kappa shape index (κ1) is 15.6. The van der Waals surface area contributed by atoms with Gasteiger partial charge in [-0.15, -0.1) is 0 Å². The molecule has 0 aromatic carbocycles. The SMILES string of the molecule is CCCCC1NC(CC)N(CC(C)S(C)=O)C1=O. The van der Waals surface area contributed by atoms with Crippen LogP contribution in [0.1, 0.15) is 46.5 Å². The Balaban J connectivity index is 2.64. The molecule has 1 N–H and O–H groups in total. The van der Waals surface area contributed by atoms with E-state index in [-0.39, 0.29) is 23.4 Å². The van der Waals surface area contributed by atoms with Crippen LogP contribution in [-0.2, 0) is 15.6 Å². The number of unbranched alkanes of at least 4 members (excludes halogenated alkanes) is 1.